The standard InChI is InChI=1S/C37H40ClN5O6/c1-21-16-23(18-40-20-33(45)46)37(48-3)43-35(21)49-31-14-12-26-25(6-4-7-27(26)31)28-8-5-9-29(34(28)38)30-13-10-22(36(42-30)47-2)17-39-19-24-11-15-32(44)41-24/h4-10,13,16,24,31,39-40H,11-12,14-15,17-20H2,1-3H3,(H,41,44)(H,45,46)/t24-,31-/m0/s1. The smallest absolute Gasteiger partial charge is 0.317 e. The Morgan fingerprint density at radius 2 is 1.65 bits per heavy atom. The second-order valence-corrected chi connectivity index (χ2v) is 12.6. The third-order valence-corrected chi connectivity index (χ3v) is 9.36. The Hall–Kier alpha value is -4.71. The lowest BCUT2D eigenvalue weighted by Crippen LogP contribution is -2.35. The molecule has 0 radical (unpaired) electrons. The number of aliphatic carboxylic acids is 1. The molecule has 4 aromatic rings. The second-order valence-electron chi connectivity index (χ2n) is 12.3. The first-order chi connectivity index (χ1) is 23.7. The molecule has 1 saturated heterocycles. The average molecular weight is 686 g/mol. The van der Waals surface area contributed by atoms with Crippen LogP contribution in [0.4, 0.5) is 0 Å². The topological polar surface area (TPSA) is 144 Å². The van der Waals surface area contributed by atoms with Gasteiger partial charge in [0.15, 0.2) is 0 Å². The van der Waals surface area contributed by atoms with Gasteiger partial charge in [-0.15, -0.1) is 0 Å². The van der Waals surface area contributed by atoms with Gasteiger partial charge in [-0.1, -0.05) is 54.1 Å². The van der Waals surface area contributed by atoms with Crippen molar-refractivity contribution < 1.29 is 28.9 Å². The molecule has 0 spiro atoms. The summed E-state index contributed by atoms with van der Waals surface area (Å²) in [6, 6.07) is 18.2. The summed E-state index contributed by atoms with van der Waals surface area (Å²) in [5.41, 5.74) is 8.24. The Kier molecular flexibility index (Phi) is 10.6. The highest BCUT2D eigenvalue weighted by atomic mass is 35.5. The van der Waals surface area contributed by atoms with Crippen LogP contribution in [-0.2, 0) is 29.1 Å². The van der Waals surface area contributed by atoms with Crippen LogP contribution < -0.4 is 30.2 Å². The van der Waals surface area contributed by atoms with Gasteiger partial charge in [0.05, 0.1) is 31.5 Å². The lowest BCUT2D eigenvalue weighted by Gasteiger charge is -2.19. The van der Waals surface area contributed by atoms with Crippen molar-refractivity contribution in [2.24, 2.45) is 0 Å². The molecule has 12 heteroatoms. The van der Waals surface area contributed by atoms with Crippen LogP contribution in [0.1, 0.15) is 53.2 Å². The van der Waals surface area contributed by atoms with Crippen LogP contribution in [0.5, 0.6) is 17.6 Å². The van der Waals surface area contributed by atoms with Gasteiger partial charge in [-0.05, 0) is 55.0 Å². The summed E-state index contributed by atoms with van der Waals surface area (Å²) in [6.45, 7) is 3.32. The van der Waals surface area contributed by atoms with E-state index in [1.165, 1.54) is 12.7 Å². The van der Waals surface area contributed by atoms with E-state index in [2.05, 4.69) is 33.1 Å². The molecule has 4 N–H and O–H groups in total. The number of aromatic nitrogens is 2. The van der Waals surface area contributed by atoms with E-state index in [-0.39, 0.29) is 24.6 Å². The van der Waals surface area contributed by atoms with Crippen LogP contribution in [-0.4, -0.2) is 60.3 Å². The molecule has 0 unspecified atom stereocenters. The van der Waals surface area contributed by atoms with Gasteiger partial charge in [0.1, 0.15) is 6.10 Å². The predicted octanol–water partition coefficient (Wildman–Crippen LogP) is 5.40. The van der Waals surface area contributed by atoms with Crippen molar-refractivity contribution in [1.29, 1.82) is 0 Å². The number of carbonyl (C=O) groups is 2. The number of ether oxygens (including phenoxy) is 3. The number of amides is 1. The van der Waals surface area contributed by atoms with Gasteiger partial charge in [0, 0.05) is 59.9 Å². The predicted molar refractivity (Wildman–Crippen MR) is 186 cm³/mol. The molecule has 2 aliphatic rings. The number of fused-ring (bicyclic) bond motifs is 1. The lowest BCUT2D eigenvalue weighted by molar-refractivity contribution is -0.136. The highest BCUT2D eigenvalue weighted by Crippen LogP contribution is 2.44. The molecule has 1 aliphatic carbocycles. The van der Waals surface area contributed by atoms with Crippen molar-refractivity contribution in [2.45, 2.75) is 57.8 Å². The molecule has 1 amide bonds. The number of benzene rings is 2. The summed E-state index contributed by atoms with van der Waals surface area (Å²) in [6.07, 6.45) is 2.79. The quantitative estimate of drug-likeness (QED) is 0.136. The molecule has 1 aliphatic heterocycles. The largest absolute Gasteiger partial charge is 0.481 e. The fraction of sp³-hybridized carbons (Fsp3) is 0.351. The summed E-state index contributed by atoms with van der Waals surface area (Å²) < 4.78 is 17.7. The van der Waals surface area contributed by atoms with E-state index in [9.17, 15) is 9.59 Å². The summed E-state index contributed by atoms with van der Waals surface area (Å²) in [5, 5.41) is 18.8. The van der Waals surface area contributed by atoms with Gasteiger partial charge in [-0.3, -0.25) is 9.59 Å². The molecule has 11 nitrogen and oxygen atoms in total. The molecule has 6 rings (SSSR count). The number of aryl methyl sites for hydroxylation is 1. The molecule has 0 saturated carbocycles. The summed E-state index contributed by atoms with van der Waals surface area (Å²) >= 11 is 7.15. The zero-order chi connectivity index (χ0) is 34.5. The number of methoxy groups -OCH3 is 2. The maximum atomic E-state index is 11.5. The van der Waals surface area contributed by atoms with Crippen LogP contribution in [0.25, 0.3) is 22.4 Å². The monoisotopic (exact) mass is 685 g/mol. The highest BCUT2D eigenvalue weighted by molar-refractivity contribution is 6.36. The molecule has 2 aromatic heterocycles. The highest BCUT2D eigenvalue weighted by Gasteiger charge is 2.29. The van der Waals surface area contributed by atoms with Crippen molar-refractivity contribution in [3.63, 3.8) is 0 Å². The van der Waals surface area contributed by atoms with Gasteiger partial charge in [-0.25, -0.2) is 4.98 Å². The second kappa shape index (κ2) is 15.2. The number of hydrogen-bond acceptors (Lipinski definition) is 9. The maximum Gasteiger partial charge on any atom is 0.317 e. The van der Waals surface area contributed by atoms with Gasteiger partial charge in [-0.2, -0.15) is 4.98 Å². The average Bonchev–Trinajstić information content (AvgIpc) is 3.71. The SMILES string of the molecule is COc1nc(-c2cccc(-c3cccc4c3CC[C@@H]4Oc3nc(OC)c(CNCC(=O)O)cc3C)c2Cl)ccc1CNC[C@@H]1CCC(=O)N1. The van der Waals surface area contributed by atoms with E-state index in [4.69, 9.17) is 35.9 Å². The first kappa shape index (κ1) is 34.2. The lowest BCUT2D eigenvalue weighted by atomic mass is 9.94. The number of carboxylic acids is 1. The van der Waals surface area contributed by atoms with Crippen LogP contribution in [0.15, 0.2) is 54.6 Å². The van der Waals surface area contributed by atoms with E-state index in [1.807, 2.05) is 49.4 Å². The van der Waals surface area contributed by atoms with Gasteiger partial charge >= 0.3 is 5.97 Å². The molecule has 1 fully saturated rings. The summed E-state index contributed by atoms with van der Waals surface area (Å²) in [5.74, 6) is 0.560. The van der Waals surface area contributed by atoms with Crippen LogP contribution >= 0.6 is 11.6 Å². The fourth-order valence-electron chi connectivity index (χ4n) is 6.57. The van der Waals surface area contributed by atoms with Crippen LogP contribution in [0.3, 0.4) is 0 Å². The number of halogens is 1. The van der Waals surface area contributed by atoms with Crippen molar-refractivity contribution in [3.05, 3.63) is 87.4 Å². The van der Waals surface area contributed by atoms with Gasteiger partial charge in [0.25, 0.3) is 0 Å². The number of rotatable bonds is 14. The van der Waals surface area contributed by atoms with E-state index in [1.54, 1.807) is 7.11 Å². The number of hydrogen-bond donors (Lipinski definition) is 4. The van der Waals surface area contributed by atoms with E-state index in [0.29, 0.717) is 54.4 Å². The Morgan fingerprint density at radius 1 is 0.918 bits per heavy atom. The third kappa shape index (κ3) is 7.64. The molecule has 2 atom stereocenters. The molecule has 3 heterocycles. The maximum absolute atomic E-state index is 11.5. The number of nitrogens with one attached hydrogen (secondary N) is 3. The number of nitrogens with zero attached hydrogens (tertiary/aromatic N) is 2. The Morgan fingerprint density at radius 3 is 2.41 bits per heavy atom. The van der Waals surface area contributed by atoms with Gasteiger partial charge < -0.3 is 35.3 Å². The molecule has 0 bridgehead atoms. The fourth-order valence-corrected chi connectivity index (χ4v) is 6.89. The molecular formula is C37H40ClN5O6. The Labute approximate surface area is 290 Å². The molecule has 49 heavy (non-hydrogen) atoms. The molecular weight excluding hydrogens is 646 g/mol. The van der Waals surface area contributed by atoms with Crippen molar-refractivity contribution >= 4 is 23.5 Å². The normalized spacial score (nSPS) is 16.7. The van der Waals surface area contributed by atoms with E-state index >= 15 is 0 Å². The first-order valence-corrected chi connectivity index (χ1v) is 16.7. The minimum atomic E-state index is -0.931. The van der Waals surface area contributed by atoms with E-state index < -0.39 is 5.97 Å². The van der Waals surface area contributed by atoms with Crippen molar-refractivity contribution in [3.8, 4) is 40.0 Å². The number of carbonyl (C=O) groups excluding carboxylic acids is 1. The van der Waals surface area contributed by atoms with Crippen LogP contribution in [0, 0.1) is 6.92 Å². The Balaban J connectivity index is 1.21. The summed E-state index contributed by atoms with van der Waals surface area (Å²) in [4.78, 5) is 31.9. The van der Waals surface area contributed by atoms with Crippen molar-refractivity contribution in [1.82, 2.24) is 25.9 Å². The first-order valence-electron chi connectivity index (χ1n) is 16.3. The minimum absolute atomic E-state index is 0.101. The molecule has 2 aromatic carbocycles. The Bertz CT molecular complexity index is 1870. The third-order valence-electron chi connectivity index (χ3n) is 8.95. The van der Waals surface area contributed by atoms with E-state index in [0.717, 1.165) is 58.2 Å². The van der Waals surface area contributed by atoms with Crippen LogP contribution in [0.2, 0.25) is 5.02 Å². The summed E-state index contributed by atoms with van der Waals surface area (Å²) in [7, 11) is 3.15. The molecule has 256 valence electrons. The minimum Gasteiger partial charge on any atom is -0.481 e. The van der Waals surface area contributed by atoms with Crippen molar-refractivity contribution in [2.75, 3.05) is 27.3 Å². The number of pyridine rings is 2. The zero-order valence-corrected chi connectivity index (χ0v) is 28.5. The zero-order valence-electron chi connectivity index (χ0n) is 27.8. The number of carboxylic acid groups (broad SMARTS) is 1. The van der Waals surface area contributed by atoms with Gasteiger partial charge in [0.2, 0.25) is 23.5 Å².